The number of aliphatic hydroxyl groups excluding tert-OH is 1. The average molecular weight is 450 g/mol. The van der Waals surface area contributed by atoms with E-state index in [0.29, 0.717) is 0 Å². The minimum Gasteiger partial charge on any atom is -0.374 e. The van der Waals surface area contributed by atoms with E-state index in [1.807, 2.05) is 11.8 Å². The Bertz CT molecular complexity index is 1100. The first-order valence-corrected chi connectivity index (χ1v) is 12.0. The summed E-state index contributed by atoms with van der Waals surface area (Å²) in [5, 5.41) is 10.7. The van der Waals surface area contributed by atoms with E-state index in [4.69, 9.17) is 0 Å². The molecule has 2 nitrogen and oxygen atoms in total. The number of anilines is 2. The third-order valence-electron chi connectivity index (χ3n) is 7.10. The van der Waals surface area contributed by atoms with Crippen LogP contribution in [-0.2, 0) is 10.8 Å². The minimum atomic E-state index is -0.652. The van der Waals surface area contributed by atoms with Crippen molar-refractivity contribution in [1.82, 2.24) is 0 Å². The predicted octanol–water partition coefficient (Wildman–Crippen LogP) is 7.81. The molecule has 0 saturated carbocycles. The Balaban J connectivity index is 1.62. The van der Waals surface area contributed by atoms with Gasteiger partial charge in [-0.05, 0) is 53.4 Å². The summed E-state index contributed by atoms with van der Waals surface area (Å²) in [6.45, 7) is 10.8. The van der Waals surface area contributed by atoms with Crippen molar-refractivity contribution in [3.8, 4) is 0 Å². The summed E-state index contributed by atoms with van der Waals surface area (Å²) < 4.78 is 0. The zero-order valence-electron chi connectivity index (χ0n) is 20.9. The van der Waals surface area contributed by atoms with E-state index in [1.54, 1.807) is 0 Å². The molecule has 0 aromatic heterocycles. The van der Waals surface area contributed by atoms with Crippen molar-refractivity contribution >= 4 is 11.4 Å². The highest BCUT2D eigenvalue weighted by Crippen LogP contribution is 2.36. The van der Waals surface area contributed by atoms with Crippen LogP contribution in [0.25, 0.3) is 0 Å². The third kappa shape index (κ3) is 4.64. The molecule has 0 fully saturated rings. The van der Waals surface area contributed by atoms with Crippen LogP contribution in [0.2, 0.25) is 0 Å². The molecule has 0 aliphatic carbocycles. The Morgan fingerprint density at radius 3 is 1.09 bits per heavy atom. The molecule has 0 heterocycles. The average Bonchev–Trinajstić information content (AvgIpc) is 2.86. The van der Waals surface area contributed by atoms with Crippen LogP contribution in [0.3, 0.4) is 0 Å². The molecule has 34 heavy (non-hydrogen) atoms. The van der Waals surface area contributed by atoms with E-state index in [-0.39, 0.29) is 10.8 Å². The van der Waals surface area contributed by atoms with Gasteiger partial charge in [0.25, 0.3) is 0 Å². The summed E-state index contributed by atoms with van der Waals surface area (Å²) in [5.41, 5.74) is 6.80. The summed E-state index contributed by atoms with van der Waals surface area (Å²) >= 11 is 0. The van der Waals surface area contributed by atoms with Gasteiger partial charge in [0.1, 0.15) is 6.23 Å². The first-order valence-electron chi connectivity index (χ1n) is 12.0. The first kappa shape index (κ1) is 23.8. The Hall–Kier alpha value is -3.36. The largest absolute Gasteiger partial charge is 0.374 e. The van der Waals surface area contributed by atoms with Gasteiger partial charge in [0.2, 0.25) is 0 Å². The lowest BCUT2D eigenvalue weighted by molar-refractivity contribution is 0.201. The van der Waals surface area contributed by atoms with Crippen LogP contribution >= 0.6 is 0 Å². The summed E-state index contributed by atoms with van der Waals surface area (Å²) in [6.07, 6.45) is -0.652. The van der Waals surface area contributed by atoms with Crippen molar-refractivity contribution in [1.29, 1.82) is 0 Å². The van der Waals surface area contributed by atoms with Crippen LogP contribution in [0.1, 0.15) is 56.9 Å². The zero-order chi connectivity index (χ0) is 24.3. The first-order chi connectivity index (χ1) is 16.2. The molecule has 4 aromatic rings. The highest BCUT2D eigenvalue weighted by molar-refractivity contribution is 5.65. The molecule has 0 aliphatic rings. The van der Waals surface area contributed by atoms with Gasteiger partial charge in [-0.1, -0.05) is 113 Å². The van der Waals surface area contributed by atoms with Crippen molar-refractivity contribution in [3.05, 3.63) is 131 Å². The molecule has 4 rings (SSSR count). The third-order valence-corrected chi connectivity index (χ3v) is 7.10. The molecule has 1 N–H and O–H groups in total. The molecular formula is C32H35NO. The van der Waals surface area contributed by atoms with Crippen molar-refractivity contribution < 1.29 is 5.11 Å². The van der Waals surface area contributed by atoms with E-state index in [1.165, 1.54) is 22.3 Å². The molecule has 4 aromatic carbocycles. The fourth-order valence-corrected chi connectivity index (χ4v) is 4.70. The predicted molar refractivity (Wildman–Crippen MR) is 144 cm³/mol. The van der Waals surface area contributed by atoms with Gasteiger partial charge >= 0.3 is 0 Å². The normalized spacial score (nSPS) is 12.9. The van der Waals surface area contributed by atoms with Crippen molar-refractivity contribution in [3.63, 3.8) is 0 Å². The molecule has 0 spiro atoms. The SMILES string of the molecule is CC(O)N(c1ccc(C(C)(C)c2ccccc2)cc1)c1ccc(C(C)(C)c2ccccc2)cc1. The zero-order valence-corrected chi connectivity index (χ0v) is 20.9. The monoisotopic (exact) mass is 449 g/mol. The van der Waals surface area contributed by atoms with Gasteiger partial charge < -0.3 is 10.0 Å². The Morgan fingerprint density at radius 1 is 0.500 bits per heavy atom. The highest BCUT2D eigenvalue weighted by atomic mass is 16.3. The van der Waals surface area contributed by atoms with Crippen LogP contribution < -0.4 is 4.90 Å². The molecule has 0 aliphatic heterocycles. The number of rotatable bonds is 7. The maximum absolute atomic E-state index is 10.7. The molecule has 174 valence electrons. The van der Waals surface area contributed by atoms with E-state index in [2.05, 4.69) is 137 Å². The second kappa shape index (κ2) is 9.48. The van der Waals surface area contributed by atoms with Crippen molar-refractivity contribution in [2.45, 2.75) is 51.7 Å². The van der Waals surface area contributed by atoms with Crippen molar-refractivity contribution in [2.75, 3.05) is 4.90 Å². The fraction of sp³-hybridized carbons (Fsp3) is 0.250. The second-order valence-corrected chi connectivity index (χ2v) is 10.1. The van der Waals surface area contributed by atoms with E-state index in [0.717, 1.165) is 11.4 Å². The number of hydrogen-bond acceptors (Lipinski definition) is 2. The van der Waals surface area contributed by atoms with Gasteiger partial charge in [0, 0.05) is 22.2 Å². The highest BCUT2D eigenvalue weighted by Gasteiger charge is 2.25. The second-order valence-electron chi connectivity index (χ2n) is 10.1. The van der Waals surface area contributed by atoms with Crippen LogP contribution in [0.5, 0.6) is 0 Å². The maximum atomic E-state index is 10.7. The molecule has 2 heteroatoms. The van der Waals surface area contributed by atoms with Crippen LogP contribution in [0.15, 0.2) is 109 Å². The van der Waals surface area contributed by atoms with Crippen LogP contribution in [0, 0.1) is 0 Å². The van der Waals surface area contributed by atoms with Gasteiger partial charge in [-0.3, -0.25) is 0 Å². The number of hydrogen-bond donors (Lipinski definition) is 1. The van der Waals surface area contributed by atoms with Crippen LogP contribution in [-0.4, -0.2) is 11.3 Å². The molecule has 0 amide bonds. The summed E-state index contributed by atoms with van der Waals surface area (Å²) in [7, 11) is 0. The Morgan fingerprint density at radius 2 is 0.794 bits per heavy atom. The van der Waals surface area contributed by atoms with Gasteiger partial charge in [0.05, 0.1) is 0 Å². The van der Waals surface area contributed by atoms with Crippen molar-refractivity contribution in [2.24, 2.45) is 0 Å². The van der Waals surface area contributed by atoms with E-state index < -0.39 is 6.23 Å². The summed E-state index contributed by atoms with van der Waals surface area (Å²) in [4.78, 5) is 1.97. The number of aliphatic hydroxyl groups is 1. The lowest BCUT2D eigenvalue weighted by Crippen LogP contribution is -2.28. The van der Waals surface area contributed by atoms with Gasteiger partial charge in [-0.25, -0.2) is 0 Å². The lowest BCUT2D eigenvalue weighted by atomic mass is 9.78. The van der Waals surface area contributed by atoms with Gasteiger partial charge in [-0.2, -0.15) is 0 Å². The molecular weight excluding hydrogens is 414 g/mol. The minimum absolute atomic E-state index is 0.0971. The molecule has 1 atom stereocenters. The smallest absolute Gasteiger partial charge is 0.128 e. The molecule has 0 saturated heterocycles. The lowest BCUT2D eigenvalue weighted by Gasteiger charge is -2.31. The van der Waals surface area contributed by atoms with Gasteiger partial charge in [-0.15, -0.1) is 0 Å². The molecule has 0 bridgehead atoms. The summed E-state index contributed by atoms with van der Waals surface area (Å²) in [6, 6.07) is 38.3. The Labute approximate surface area is 204 Å². The van der Waals surface area contributed by atoms with Crippen LogP contribution in [0.4, 0.5) is 11.4 Å². The maximum Gasteiger partial charge on any atom is 0.128 e. The Kier molecular flexibility index (Phi) is 6.63. The van der Waals surface area contributed by atoms with E-state index >= 15 is 0 Å². The standard InChI is InChI=1S/C32H35NO/c1-24(34)33(29-20-16-27(17-21-29)31(2,3)25-12-8-6-9-13-25)30-22-18-28(19-23-30)32(4,5)26-14-10-7-11-15-26/h6-24,34H,1-5H3. The fourth-order valence-electron chi connectivity index (χ4n) is 4.70. The van der Waals surface area contributed by atoms with E-state index in [9.17, 15) is 5.11 Å². The number of benzene rings is 4. The molecule has 0 radical (unpaired) electrons. The van der Waals surface area contributed by atoms with Gasteiger partial charge in [0.15, 0.2) is 0 Å². The molecule has 1 unspecified atom stereocenters. The number of nitrogens with zero attached hydrogens (tertiary/aromatic N) is 1. The quantitative estimate of drug-likeness (QED) is 0.291. The summed E-state index contributed by atoms with van der Waals surface area (Å²) in [5.74, 6) is 0. The topological polar surface area (TPSA) is 23.5 Å².